The molecule has 7 nitrogen and oxygen atoms in total. The highest BCUT2D eigenvalue weighted by molar-refractivity contribution is 6.03. The van der Waals surface area contributed by atoms with Gasteiger partial charge in [0.05, 0.1) is 12.5 Å². The molecule has 1 saturated heterocycles. The van der Waals surface area contributed by atoms with Gasteiger partial charge in [0.15, 0.2) is 11.5 Å². The number of carbonyl (C=O) groups excluding carboxylic acids is 2. The zero-order chi connectivity index (χ0) is 12.2. The number of aliphatic hydroxyl groups is 1. The highest BCUT2D eigenvalue weighted by Crippen LogP contribution is 2.56. The van der Waals surface area contributed by atoms with Gasteiger partial charge in [0, 0.05) is 11.8 Å². The Bertz CT molecular complexity index is 497. The van der Waals surface area contributed by atoms with Gasteiger partial charge in [0.25, 0.3) is 0 Å². The molecule has 1 aliphatic heterocycles. The summed E-state index contributed by atoms with van der Waals surface area (Å²) in [5, 5.41) is 16.1. The van der Waals surface area contributed by atoms with Crippen molar-refractivity contribution in [3.63, 3.8) is 0 Å². The number of nitrogens with zero attached hydrogens (tertiary/aromatic N) is 2. The molecule has 1 aliphatic carbocycles. The second kappa shape index (κ2) is 3.36. The maximum Gasteiger partial charge on any atom is 0.310 e. The summed E-state index contributed by atoms with van der Waals surface area (Å²) in [6.07, 6.45) is -0.568. The van der Waals surface area contributed by atoms with Crippen LogP contribution in [0.5, 0.6) is 0 Å². The molecular formula is C10H10N2O5. The fourth-order valence-corrected chi connectivity index (χ4v) is 2.52. The van der Waals surface area contributed by atoms with Crippen LogP contribution in [0.25, 0.3) is 0 Å². The number of ether oxygens (including phenoxy) is 1. The Morgan fingerprint density at radius 3 is 2.82 bits per heavy atom. The van der Waals surface area contributed by atoms with Gasteiger partial charge in [-0.1, -0.05) is 5.16 Å². The van der Waals surface area contributed by atoms with E-state index in [4.69, 9.17) is 9.84 Å². The van der Waals surface area contributed by atoms with Crippen molar-refractivity contribution in [1.82, 2.24) is 10.3 Å². The van der Waals surface area contributed by atoms with Crippen LogP contribution in [0.4, 0.5) is 0 Å². The van der Waals surface area contributed by atoms with Crippen LogP contribution >= 0.6 is 0 Å². The van der Waals surface area contributed by atoms with Crippen LogP contribution in [-0.4, -0.2) is 39.9 Å². The number of fused-ring (bicyclic) bond motifs is 1. The van der Waals surface area contributed by atoms with Gasteiger partial charge in [-0.25, -0.2) is 4.63 Å². The largest absolute Gasteiger partial charge is 0.459 e. The molecule has 2 fully saturated rings. The van der Waals surface area contributed by atoms with Gasteiger partial charge in [-0.15, -0.1) is 0 Å². The summed E-state index contributed by atoms with van der Waals surface area (Å²) in [7, 11) is 0. The van der Waals surface area contributed by atoms with Crippen LogP contribution in [0.3, 0.4) is 0 Å². The third kappa shape index (κ3) is 1.32. The minimum Gasteiger partial charge on any atom is -0.459 e. The first-order chi connectivity index (χ1) is 8.15. The smallest absolute Gasteiger partial charge is 0.310 e. The van der Waals surface area contributed by atoms with E-state index in [0.29, 0.717) is 5.69 Å². The molecule has 0 radical (unpaired) electrons. The minimum absolute atomic E-state index is 0.161. The van der Waals surface area contributed by atoms with E-state index in [1.165, 1.54) is 0 Å². The second-order valence-electron chi connectivity index (χ2n) is 4.35. The molecule has 4 atom stereocenters. The average molecular weight is 238 g/mol. The number of esters is 1. The van der Waals surface area contributed by atoms with E-state index in [9.17, 15) is 9.59 Å². The number of ketones is 1. The Morgan fingerprint density at radius 2 is 2.24 bits per heavy atom. The average Bonchev–Trinajstić information content (AvgIpc) is 2.77. The maximum absolute atomic E-state index is 12.1. The highest BCUT2D eigenvalue weighted by Gasteiger charge is 2.68. The van der Waals surface area contributed by atoms with Crippen LogP contribution in [-0.2, 0) is 9.53 Å². The third-order valence-corrected chi connectivity index (χ3v) is 3.41. The van der Waals surface area contributed by atoms with Crippen molar-refractivity contribution in [2.24, 2.45) is 17.8 Å². The SMILES string of the molecule is Cc1nonc1C(=O)C1C2C(=O)OC(CO)C21. The van der Waals surface area contributed by atoms with Gasteiger partial charge < -0.3 is 9.84 Å². The molecule has 2 heterocycles. The van der Waals surface area contributed by atoms with Crippen molar-refractivity contribution in [2.75, 3.05) is 6.61 Å². The predicted octanol–water partition coefficient (Wildman–Crippen LogP) is -0.659. The Kier molecular flexibility index (Phi) is 2.06. The number of aliphatic hydroxyl groups excluding tert-OH is 1. The van der Waals surface area contributed by atoms with Crippen LogP contribution < -0.4 is 0 Å². The van der Waals surface area contributed by atoms with Crippen molar-refractivity contribution in [2.45, 2.75) is 13.0 Å². The van der Waals surface area contributed by atoms with Crippen LogP contribution in [0.2, 0.25) is 0 Å². The molecule has 7 heteroatoms. The molecule has 0 spiro atoms. The lowest BCUT2D eigenvalue weighted by Crippen LogP contribution is -2.23. The summed E-state index contributed by atoms with van der Waals surface area (Å²) < 4.78 is 9.36. The summed E-state index contributed by atoms with van der Waals surface area (Å²) in [6, 6.07) is 0. The molecule has 0 amide bonds. The zero-order valence-corrected chi connectivity index (χ0v) is 8.99. The van der Waals surface area contributed by atoms with Crippen molar-refractivity contribution in [1.29, 1.82) is 0 Å². The summed E-state index contributed by atoms with van der Waals surface area (Å²) in [4.78, 5) is 23.5. The first-order valence-corrected chi connectivity index (χ1v) is 5.30. The quantitative estimate of drug-likeness (QED) is 0.550. The summed E-state index contributed by atoms with van der Waals surface area (Å²) >= 11 is 0. The van der Waals surface area contributed by atoms with Gasteiger partial charge in [-0.2, -0.15) is 0 Å². The lowest BCUT2D eigenvalue weighted by Gasteiger charge is -2.10. The molecule has 4 unspecified atom stereocenters. The number of aromatic nitrogens is 2. The van der Waals surface area contributed by atoms with Gasteiger partial charge in [0.2, 0.25) is 0 Å². The molecule has 0 bridgehead atoms. The summed E-state index contributed by atoms with van der Waals surface area (Å²) in [6.45, 7) is 1.36. The van der Waals surface area contributed by atoms with E-state index < -0.39 is 23.9 Å². The Balaban J connectivity index is 1.83. The summed E-state index contributed by atoms with van der Waals surface area (Å²) in [5.41, 5.74) is 0.572. The second-order valence-corrected chi connectivity index (χ2v) is 4.35. The van der Waals surface area contributed by atoms with Crippen molar-refractivity contribution in [3.05, 3.63) is 11.4 Å². The zero-order valence-electron chi connectivity index (χ0n) is 8.99. The Morgan fingerprint density at radius 1 is 1.47 bits per heavy atom. The minimum atomic E-state index is -0.568. The van der Waals surface area contributed by atoms with Crippen molar-refractivity contribution < 1.29 is 24.1 Å². The molecule has 1 N–H and O–H groups in total. The standard InChI is InChI=1S/C10H10N2O5/c1-3-8(12-17-11-3)9(14)6-5-4(2-13)16-10(15)7(5)6/h4-7,13H,2H2,1H3. The number of hydrogen-bond donors (Lipinski definition) is 1. The first kappa shape index (κ1) is 10.4. The number of Topliss-reactive ketones (excluding diaryl/α,β-unsaturated/α-hetero) is 1. The van der Waals surface area contributed by atoms with E-state index in [-0.39, 0.29) is 24.0 Å². The highest BCUT2D eigenvalue weighted by atomic mass is 16.6. The van der Waals surface area contributed by atoms with E-state index in [1.54, 1.807) is 6.92 Å². The normalized spacial score (nSPS) is 34.4. The van der Waals surface area contributed by atoms with Gasteiger partial charge in [-0.3, -0.25) is 9.59 Å². The van der Waals surface area contributed by atoms with E-state index in [1.807, 2.05) is 0 Å². The molecule has 3 rings (SSSR count). The molecular weight excluding hydrogens is 228 g/mol. The molecule has 1 saturated carbocycles. The number of carbonyl (C=O) groups is 2. The third-order valence-electron chi connectivity index (χ3n) is 3.41. The predicted molar refractivity (Wildman–Crippen MR) is 50.8 cm³/mol. The molecule has 0 aromatic carbocycles. The lowest BCUT2D eigenvalue weighted by atomic mass is 10.1. The fourth-order valence-electron chi connectivity index (χ4n) is 2.52. The van der Waals surface area contributed by atoms with Crippen LogP contribution in [0.15, 0.2) is 4.63 Å². The molecule has 1 aromatic heterocycles. The number of aryl methyl sites for hydroxylation is 1. The van der Waals surface area contributed by atoms with Crippen molar-refractivity contribution in [3.8, 4) is 0 Å². The van der Waals surface area contributed by atoms with Crippen LogP contribution in [0.1, 0.15) is 16.2 Å². The maximum atomic E-state index is 12.1. The Hall–Kier alpha value is -1.76. The van der Waals surface area contributed by atoms with Gasteiger partial charge in [0.1, 0.15) is 11.8 Å². The Labute approximate surface area is 95.7 Å². The lowest BCUT2D eigenvalue weighted by molar-refractivity contribution is -0.147. The number of rotatable bonds is 3. The molecule has 90 valence electrons. The van der Waals surface area contributed by atoms with Gasteiger partial charge in [-0.05, 0) is 12.1 Å². The first-order valence-electron chi connectivity index (χ1n) is 5.30. The monoisotopic (exact) mass is 238 g/mol. The van der Waals surface area contributed by atoms with Crippen molar-refractivity contribution >= 4 is 11.8 Å². The van der Waals surface area contributed by atoms with E-state index in [0.717, 1.165) is 0 Å². The van der Waals surface area contributed by atoms with Gasteiger partial charge >= 0.3 is 5.97 Å². The van der Waals surface area contributed by atoms with Crippen LogP contribution in [0, 0.1) is 24.7 Å². The molecule has 17 heavy (non-hydrogen) atoms. The number of cyclic esters (lactones) is 1. The van der Waals surface area contributed by atoms with E-state index in [2.05, 4.69) is 14.9 Å². The molecule has 2 aliphatic rings. The number of hydrogen-bond acceptors (Lipinski definition) is 7. The fraction of sp³-hybridized carbons (Fsp3) is 0.600. The summed E-state index contributed by atoms with van der Waals surface area (Å²) in [5.74, 6) is -1.78. The molecule has 1 aromatic rings. The van der Waals surface area contributed by atoms with E-state index >= 15 is 0 Å². The topological polar surface area (TPSA) is 103 Å².